The smallest absolute Gasteiger partial charge is 0.0259 e. The summed E-state index contributed by atoms with van der Waals surface area (Å²) in [7, 11) is 0. The highest BCUT2D eigenvalue weighted by Gasteiger charge is 2.42. The second kappa shape index (κ2) is 6.96. The molecule has 0 amide bonds. The summed E-state index contributed by atoms with van der Waals surface area (Å²) in [4.78, 5) is 0. The van der Waals surface area contributed by atoms with Crippen molar-refractivity contribution < 1.29 is 0 Å². The molecule has 0 bridgehead atoms. The van der Waals surface area contributed by atoms with E-state index in [1.165, 1.54) is 57.8 Å². The van der Waals surface area contributed by atoms with Crippen LogP contribution in [0.5, 0.6) is 0 Å². The minimum absolute atomic E-state index is 0.797. The molecule has 20 heavy (non-hydrogen) atoms. The molecule has 0 unspecified atom stereocenters. The van der Waals surface area contributed by atoms with Gasteiger partial charge in [0.2, 0.25) is 0 Å². The van der Waals surface area contributed by atoms with Gasteiger partial charge in [-0.15, -0.1) is 0 Å². The first-order valence-electron chi connectivity index (χ1n) is 8.90. The lowest BCUT2D eigenvalue weighted by Crippen LogP contribution is -2.08. The van der Waals surface area contributed by atoms with Gasteiger partial charge in [-0.25, -0.2) is 0 Å². The molecular formula is C20H34. The van der Waals surface area contributed by atoms with Crippen molar-refractivity contribution in [2.45, 2.75) is 85.5 Å². The fraction of sp³-hybridized carbons (Fsp3) is 0.800. The first-order chi connectivity index (χ1) is 9.52. The monoisotopic (exact) mass is 274 g/mol. The third-order valence-electron chi connectivity index (χ3n) is 5.51. The van der Waals surface area contributed by atoms with Crippen LogP contribution < -0.4 is 0 Å². The molecule has 3 aliphatic rings. The maximum Gasteiger partial charge on any atom is -0.0259 e. The van der Waals surface area contributed by atoms with Crippen LogP contribution in [0.3, 0.4) is 0 Å². The molecule has 0 atom stereocenters. The zero-order chi connectivity index (χ0) is 14.6. The van der Waals surface area contributed by atoms with Gasteiger partial charge in [-0.3, -0.25) is 0 Å². The molecule has 0 saturated heterocycles. The molecule has 0 heteroatoms. The highest BCUT2D eigenvalue weighted by Crippen LogP contribution is 2.55. The molecule has 3 aliphatic carbocycles. The molecule has 0 radical (unpaired) electrons. The Morgan fingerprint density at radius 3 is 1.80 bits per heavy atom. The normalized spacial score (nSPS) is 24.1. The Balaban J connectivity index is 0.000000151. The summed E-state index contributed by atoms with van der Waals surface area (Å²) in [6.45, 7) is 9.21. The number of allylic oxidation sites excluding steroid dienone is 4. The van der Waals surface area contributed by atoms with Gasteiger partial charge in [0.05, 0.1) is 0 Å². The van der Waals surface area contributed by atoms with E-state index in [1.54, 1.807) is 11.1 Å². The molecule has 1 spiro atoms. The van der Waals surface area contributed by atoms with Gasteiger partial charge in [-0.2, -0.15) is 0 Å². The maximum atomic E-state index is 2.52. The third kappa shape index (κ3) is 4.50. The van der Waals surface area contributed by atoms with Gasteiger partial charge in [-0.05, 0) is 75.0 Å². The first-order valence-corrected chi connectivity index (χ1v) is 8.90. The van der Waals surface area contributed by atoms with Crippen molar-refractivity contribution in [3.63, 3.8) is 0 Å². The summed E-state index contributed by atoms with van der Waals surface area (Å²) in [6.07, 6.45) is 17.7. The molecular weight excluding hydrogens is 240 g/mol. The van der Waals surface area contributed by atoms with Crippen LogP contribution in [0.2, 0.25) is 0 Å². The van der Waals surface area contributed by atoms with E-state index in [9.17, 15) is 0 Å². The molecule has 0 aliphatic heterocycles. The van der Waals surface area contributed by atoms with E-state index in [-0.39, 0.29) is 0 Å². The predicted molar refractivity (Wildman–Crippen MR) is 89.8 cm³/mol. The van der Waals surface area contributed by atoms with Gasteiger partial charge in [0.1, 0.15) is 0 Å². The lowest BCUT2D eigenvalue weighted by molar-refractivity contribution is 0.434. The minimum atomic E-state index is 0.797. The van der Waals surface area contributed by atoms with Crippen LogP contribution in [0.4, 0.5) is 0 Å². The third-order valence-corrected chi connectivity index (χ3v) is 5.51. The molecule has 1 fully saturated rings. The van der Waals surface area contributed by atoms with Gasteiger partial charge >= 0.3 is 0 Å². The molecule has 0 heterocycles. The molecule has 3 rings (SSSR count). The van der Waals surface area contributed by atoms with Crippen LogP contribution in [0.1, 0.15) is 85.5 Å². The van der Waals surface area contributed by atoms with E-state index in [2.05, 4.69) is 39.8 Å². The van der Waals surface area contributed by atoms with Crippen LogP contribution in [0.15, 0.2) is 23.3 Å². The minimum Gasteiger partial charge on any atom is -0.0851 e. The molecule has 0 aromatic heterocycles. The summed E-state index contributed by atoms with van der Waals surface area (Å²) < 4.78 is 0. The Labute approximate surface area is 126 Å². The Morgan fingerprint density at radius 1 is 0.800 bits per heavy atom. The second-order valence-electron chi connectivity index (χ2n) is 7.82. The molecule has 114 valence electrons. The maximum absolute atomic E-state index is 2.52. The van der Waals surface area contributed by atoms with Crippen LogP contribution in [0.25, 0.3) is 0 Å². The van der Waals surface area contributed by atoms with E-state index in [0.717, 1.165) is 17.3 Å². The molecule has 0 nitrogen and oxygen atoms in total. The van der Waals surface area contributed by atoms with Crippen molar-refractivity contribution in [3.05, 3.63) is 23.3 Å². The zero-order valence-electron chi connectivity index (χ0n) is 14.2. The van der Waals surface area contributed by atoms with E-state index < -0.39 is 0 Å². The summed E-state index contributed by atoms with van der Waals surface area (Å²) in [5, 5.41) is 0. The van der Waals surface area contributed by atoms with E-state index in [0.29, 0.717) is 0 Å². The fourth-order valence-corrected chi connectivity index (χ4v) is 3.50. The van der Waals surface area contributed by atoms with Crippen LogP contribution in [0, 0.1) is 17.3 Å². The van der Waals surface area contributed by atoms with Crippen molar-refractivity contribution in [1.29, 1.82) is 0 Å². The summed E-state index contributed by atoms with van der Waals surface area (Å²) >= 11 is 0. The quantitative estimate of drug-likeness (QED) is 0.493. The second-order valence-corrected chi connectivity index (χ2v) is 7.82. The molecule has 1 saturated carbocycles. The summed E-state index contributed by atoms with van der Waals surface area (Å²) in [6, 6.07) is 0. The van der Waals surface area contributed by atoms with E-state index in [1.807, 2.05) is 0 Å². The Bertz CT molecular complexity index is 363. The van der Waals surface area contributed by atoms with Gasteiger partial charge in [0.25, 0.3) is 0 Å². The standard InChI is InChI=1S/C11H18.C9H16/c1-9(2)10-3-5-11(6-4-10)7-8-11;1-8(2)9-6-4-3-5-7-9/h3,9H,4-8H2,1-2H3;6,8H,3-5,7H2,1-2H3. The van der Waals surface area contributed by atoms with Crippen LogP contribution in [-0.4, -0.2) is 0 Å². The van der Waals surface area contributed by atoms with Gasteiger partial charge in [-0.1, -0.05) is 51.0 Å². The lowest BCUT2D eigenvalue weighted by atomic mass is 9.83. The number of rotatable bonds is 2. The van der Waals surface area contributed by atoms with Gasteiger partial charge in [0, 0.05) is 0 Å². The predicted octanol–water partition coefficient (Wildman–Crippen LogP) is 6.68. The Morgan fingerprint density at radius 2 is 1.45 bits per heavy atom. The molecule has 0 aromatic carbocycles. The lowest BCUT2D eigenvalue weighted by Gasteiger charge is -2.22. The molecule has 0 N–H and O–H groups in total. The average Bonchev–Trinajstić information content (AvgIpc) is 3.20. The highest BCUT2D eigenvalue weighted by molar-refractivity contribution is 5.15. The van der Waals surface area contributed by atoms with E-state index in [4.69, 9.17) is 0 Å². The fourth-order valence-electron chi connectivity index (χ4n) is 3.50. The Kier molecular flexibility index (Phi) is 5.52. The van der Waals surface area contributed by atoms with Gasteiger partial charge < -0.3 is 0 Å². The zero-order valence-corrected chi connectivity index (χ0v) is 14.2. The van der Waals surface area contributed by atoms with Gasteiger partial charge in [0.15, 0.2) is 0 Å². The SMILES string of the molecule is CC(C)C1=CCC2(CC1)CC2.CC(C)C1=CCCCC1. The first kappa shape index (κ1) is 15.9. The highest BCUT2D eigenvalue weighted by atomic mass is 14.5. The topological polar surface area (TPSA) is 0 Å². The van der Waals surface area contributed by atoms with Crippen LogP contribution in [-0.2, 0) is 0 Å². The van der Waals surface area contributed by atoms with Crippen molar-refractivity contribution in [2.75, 3.05) is 0 Å². The Hall–Kier alpha value is -0.520. The summed E-state index contributed by atoms with van der Waals surface area (Å²) in [5.41, 5.74) is 4.21. The van der Waals surface area contributed by atoms with Crippen molar-refractivity contribution in [1.82, 2.24) is 0 Å². The largest absolute Gasteiger partial charge is 0.0851 e. The summed E-state index contributed by atoms with van der Waals surface area (Å²) in [5.74, 6) is 1.59. The number of hydrogen-bond acceptors (Lipinski definition) is 0. The van der Waals surface area contributed by atoms with Crippen LogP contribution >= 0.6 is 0 Å². The van der Waals surface area contributed by atoms with Crippen molar-refractivity contribution in [2.24, 2.45) is 17.3 Å². The number of hydrogen-bond donors (Lipinski definition) is 0. The van der Waals surface area contributed by atoms with Crippen molar-refractivity contribution in [3.8, 4) is 0 Å². The van der Waals surface area contributed by atoms with E-state index >= 15 is 0 Å². The molecule has 0 aromatic rings. The van der Waals surface area contributed by atoms with Crippen molar-refractivity contribution >= 4 is 0 Å². The average molecular weight is 274 g/mol.